The Hall–Kier alpha value is -4.12. The molecule has 3 rings (SSSR count). The fourth-order valence-electron chi connectivity index (χ4n) is 3.33. The number of benzene rings is 2. The Morgan fingerprint density at radius 3 is 2.41 bits per heavy atom. The highest BCUT2D eigenvalue weighted by Crippen LogP contribution is 2.32. The first kappa shape index (κ1) is 27.5. The van der Waals surface area contributed by atoms with Crippen LogP contribution in [0, 0.1) is 5.41 Å². The zero-order valence-electron chi connectivity index (χ0n) is 20.7. The predicted octanol–water partition coefficient (Wildman–Crippen LogP) is 3.93. The quantitative estimate of drug-likeness (QED) is 0.107. The summed E-state index contributed by atoms with van der Waals surface area (Å²) in [7, 11) is 0. The van der Waals surface area contributed by atoms with E-state index in [1.165, 1.54) is 6.07 Å². The molecular weight excluding hydrogens is 540 g/mol. The lowest BCUT2D eigenvalue weighted by Crippen LogP contribution is -2.45. The number of hydrogen-bond acceptors (Lipinski definition) is 7. The topological polar surface area (TPSA) is 151 Å². The third kappa shape index (κ3) is 7.68. The van der Waals surface area contributed by atoms with Gasteiger partial charge < -0.3 is 20.5 Å². The first-order valence-electron chi connectivity index (χ1n) is 11.5. The number of pyridine rings is 1. The summed E-state index contributed by atoms with van der Waals surface area (Å²) in [5.41, 5.74) is 12.3. The van der Waals surface area contributed by atoms with Gasteiger partial charge in [-0.3, -0.25) is 25.8 Å². The number of anilines is 1. The monoisotopic (exact) mass is 568 g/mol. The van der Waals surface area contributed by atoms with Crippen molar-refractivity contribution in [2.75, 3.05) is 11.9 Å². The Kier molecular flexibility index (Phi) is 9.45. The maximum absolute atomic E-state index is 13.3. The van der Waals surface area contributed by atoms with Gasteiger partial charge in [0.25, 0.3) is 11.8 Å². The molecule has 1 atom stereocenters. The maximum Gasteiger partial charge on any atom is 0.288 e. The number of rotatable bonds is 10. The van der Waals surface area contributed by atoms with Gasteiger partial charge in [0.05, 0.1) is 12.7 Å². The van der Waals surface area contributed by atoms with Crippen molar-refractivity contribution in [3.8, 4) is 11.5 Å². The van der Waals surface area contributed by atoms with Gasteiger partial charge in [-0.15, -0.1) is 0 Å². The van der Waals surface area contributed by atoms with Crippen LogP contribution in [0.15, 0.2) is 65.3 Å². The first-order chi connectivity index (χ1) is 17.7. The van der Waals surface area contributed by atoms with E-state index in [1.807, 2.05) is 20.8 Å². The zero-order valence-corrected chi connectivity index (χ0v) is 22.3. The van der Waals surface area contributed by atoms with E-state index in [-0.39, 0.29) is 17.6 Å². The van der Waals surface area contributed by atoms with Gasteiger partial charge >= 0.3 is 0 Å². The van der Waals surface area contributed by atoms with Crippen LogP contribution in [-0.2, 0) is 4.79 Å². The third-order valence-electron chi connectivity index (χ3n) is 4.98. The Bertz CT molecular complexity index is 1270. The maximum atomic E-state index is 13.3. The fourth-order valence-corrected chi connectivity index (χ4v) is 3.67. The summed E-state index contributed by atoms with van der Waals surface area (Å²) >= 11 is 3.22. The number of nitrogens with one attached hydrogen (secondary N) is 4. The molecule has 1 unspecified atom stereocenters. The molecule has 0 saturated carbocycles. The number of nitrogen functional groups attached to an aromatic ring is 1. The lowest BCUT2D eigenvalue weighted by atomic mass is 10.0. The molecule has 3 aromatic rings. The SMILES string of the molecule is CCOc1cc(C(Nc2ccc(C(=N)N)cc2)C(=O)NNC(=O)c2cccc(Br)n2)ccc1OC(C)C. The summed E-state index contributed by atoms with van der Waals surface area (Å²) in [6, 6.07) is 15.9. The highest BCUT2D eigenvalue weighted by Gasteiger charge is 2.24. The van der Waals surface area contributed by atoms with E-state index in [0.717, 1.165) is 0 Å². The van der Waals surface area contributed by atoms with Crippen LogP contribution in [0.5, 0.6) is 11.5 Å². The predicted molar refractivity (Wildman–Crippen MR) is 145 cm³/mol. The number of ether oxygens (including phenoxy) is 2. The summed E-state index contributed by atoms with van der Waals surface area (Å²) in [6.07, 6.45) is -0.0658. The number of amidine groups is 1. The van der Waals surface area contributed by atoms with E-state index in [0.29, 0.717) is 39.5 Å². The Labute approximate surface area is 223 Å². The van der Waals surface area contributed by atoms with E-state index in [1.54, 1.807) is 54.6 Å². The van der Waals surface area contributed by atoms with Crippen LogP contribution in [0.4, 0.5) is 5.69 Å². The molecule has 10 nitrogen and oxygen atoms in total. The van der Waals surface area contributed by atoms with E-state index in [9.17, 15) is 9.59 Å². The highest BCUT2D eigenvalue weighted by atomic mass is 79.9. The average Bonchev–Trinajstić information content (AvgIpc) is 2.87. The minimum Gasteiger partial charge on any atom is -0.490 e. The zero-order chi connectivity index (χ0) is 26.9. The standard InChI is InChI=1S/C26H29BrN6O4/c1-4-36-21-14-17(10-13-20(21)37-15(2)3)23(30-18-11-8-16(9-12-18)24(28)29)26(35)33-32-25(34)19-6-5-7-22(27)31-19/h5-15,23,30H,4H2,1-3H3,(H3,28,29)(H,32,34)(H,33,35). The van der Waals surface area contributed by atoms with Crippen molar-refractivity contribution in [2.24, 2.45) is 5.73 Å². The second kappa shape index (κ2) is 12.7. The lowest BCUT2D eigenvalue weighted by molar-refractivity contribution is -0.122. The van der Waals surface area contributed by atoms with Crippen molar-refractivity contribution in [3.05, 3.63) is 82.1 Å². The molecule has 0 aliphatic heterocycles. The molecule has 2 amide bonds. The minimum absolute atomic E-state index is 0.0631. The number of amides is 2. The number of nitrogens with two attached hydrogens (primary N) is 1. The second-order valence-electron chi connectivity index (χ2n) is 8.16. The molecule has 0 radical (unpaired) electrons. The van der Waals surface area contributed by atoms with Crippen LogP contribution in [0.25, 0.3) is 0 Å². The highest BCUT2D eigenvalue weighted by molar-refractivity contribution is 9.10. The number of nitrogens with zero attached hydrogens (tertiary/aromatic N) is 1. The van der Waals surface area contributed by atoms with Crippen LogP contribution >= 0.6 is 15.9 Å². The van der Waals surface area contributed by atoms with Crippen molar-refractivity contribution in [1.82, 2.24) is 15.8 Å². The van der Waals surface area contributed by atoms with E-state index in [4.69, 9.17) is 20.6 Å². The molecule has 0 fully saturated rings. The van der Waals surface area contributed by atoms with Crippen molar-refractivity contribution < 1.29 is 19.1 Å². The van der Waals surface area contributed by atoms with E-state index in [2.05, 4.69) is 37.1 Å². The normalized spacial score (nSPS) is 11.4. The van der Waals surface area contributed by atoms with Gasteiger partial charge in [-0.1, -0.05) is 12.1 Å². The Morgan fingerprint density at radius 1 is 1.05 bits per heavy atom. The van der Waals surface area contributed by atoms with Crippen LogP contribution in [-0.4, -0.2) is 35.3 Å². The van der Waals surface area contributed by atoms with Crippen LogP contribution in [0.2, 0.25) is 0 Å². The van der Waals surface area contributed by atoms with Gasteiger partial charge in [0.15, 0.2) is 11.5 Å². The molecular formula is C26H29BrN6O4. The van der Waals surface area contributed by atoms with Crippen molar-refractivity contribution >= 4 is 39.3 Å². The van der Waals surface area contributed by atoms with Gasteiger partial charge in [-0.05, 0) is 90.8 Å². The number of aromatic nitrogens is 1. The van der Waals surface area contributed by atoms with Crippen LogP contribution < -0.4 is 31.4 Å². The molecule has 0 aliphatic carbocycles. The van der Waals surface area contributed by atoms with Crippen molar-refractivity contribution in [1.29, 1.82) is 5.41 Å². The number of carbonyl (C=O) groups excluding carboxylic acids is 2. The van der Waals surface area contributed by atoms with Gasteiger partial charge in [-0.25, -0.2) is 4.98 Å². The van der Waals surface area contributed by atoms with Gasteiger partial charge in [0.1, 0.15) is 22.2 Å². The number of hydrogen-bond donors (Lipinski definition) is 5. The smallest absolute Gasteiger partial charge is 0.288 e. The fraction of sp³-hybridized carbons (Fsp3) is 0.231. The van der Waals surface area contributed by atoms with Gasteiger partial charge in [0, 0.05) is 11.3 Å². The summed E-state index contributed by atoms with van der Waals surface area (Å²) in [4.78, 5) is 29.9. The summed E-state index contributed by atoms with van der Waals surface area (Å²) < 4.78 is 12.1. The molecule has 11 heteroatoms. The number of carbonyl (C=O) groups is 2. The number of hydrazine groups is 1. The van der Waals surface area contributed by atoms with E-state index >= 15 is 0 Å². The molecule has 0 saturated heterocycles. The van der Waals surface area contributed by atoms with Crippen molar-refractivity contribution in [3.63, 3.8) is 0 Å². The molecule has 0 bridgehead atoms. The molecule has 2 aromatic carbocycles. The van der Waals surface area contributed by atoms with Gasteiger partial charge in [-0.2, -0.15) is 0 Å². The Morgan fingerprint density at radius 2 is 1.78 bits per heavy atom. The van der Waals surface area contributed by atoms with Gasteiger partial charge in [0.2, 0.25) is 0 Å². The first-order valence-corrected chi connectivity index (χ1v) is 12.3. The third-order valence-corrected chi connectivity index (χ3v) is 5.42. The average molecular weight is 569 g/mol. The second-order valence-corrected chi connectivity index (χ2v) is 8.98. The molecule has 1 heterocycles. The number of halogens is 1. The molecule has 0 spiro atoms. The molecule has 37 heavy (non-hydrogen) atoms. The minimum atomic E-state index is -0.925. The molecule has 6 N–H and O–H groups in total. The van der Waals surface area contributed by atoms with Crippen molar-refractivity contribution in [2.45, 2.75) is 32.9 Å². The summed E-state index contributed by atoms with van der Waals surface area (Å²) in [5.74, 6) is -0.122. The molecule has 194 valence electrons. The summed E-state index contributed by atoms with van der Waals surface area (Å²) in [5, 5.41) is 10.7. The Balaban J connectivity index is 1.89. The molecule has 1 aromatic heterocycles. The van der Waals surface area contributed by atoms with Crippen LogP contribution in [0.3, 0.4) is 0 Å². The lowest BCUT2D eigenvalue weighted by Gasteiger charge is -2.22. The summed E-state index contributed by atoms with van der Waals surface area (Å²) in [6.45, 7) is 6.09. The van der Waals surface area contributed by atoms with Crippen LogP contribution in [0.1, 0.15) is 48.4 Å². The molecule has 0 aliphatic rings. The van der Waals surface area contributed by atoms with E-state index < -0.39 is 17.9 Å². The largest absolute Gasteiger partial charge is 0.490 e.